The van der Waals surface area contributed by atoms with E-state index in [2.05, 4.69) is 27.5 Å². The first-order chi connectivity index (χ1) is 9.99. The third-order valence-electron chi connectivity index (χ3n) is 3.54. The van der Waals surface area contributed by atoms with Crippen molar-refractivity contribution < 1.29 is 14.9 Å². The lowest BCUT2D eigenvalue weighted by Crippen LogP contribution is -2.33. The zero-order valence-electron chi connectivity index (χ0n) is 11.8. The lowest BCUT2D eigenvalue weighted by atomic mass is 10.1. The van der Waals surface area contributed by atoms with Crippen LogP contribution < -0.4 is 5.73 Å². The van der Waals surface area contributed by atoms with Gasteiger partial charge in [-0.3, -0.25) is 15.5 Å². The fraction of sp³-hybridized carbons (Fsp3) is 0.583. The number of aliphatic hydroxyl groups is 2. The monoisotopic (exact) mass is 313 g/mol. The highest BCUT2D eigenvalue weighted by Gasteiger charge is 2.44. The van der Waals surface area contributed by atoms with Gasteiger partial charge in [0, 0.05) is 5.75 Å². The van der Waals surface area contributed by atoms with Crippen LogP contribution in [0.2, 0.25) is 0 Å². The first kappa shape index (κ1) is 14.5. The van der Waals surface area contributed by atoms with Crippen LogP contribution in [-0.2, 0) is 4.74 Å². The van der Waals surface area contributed by atoms with E-state index in [0.717, 1.165) is 5.75 Å². The molecule has 1 aliphatic heterocycles. The van der Waals surface area contributed by atoms with Gasteiger partial charge in [-0.05, 0) is 12.5 Å². The third kappa shape index (κ3) is 2.46. The predicted molar refractivity (Wildman–Crippen MR) is 81.4 cm³/mol. The number of aliphatic hydroxyl groups excluding tert-OH is 2. The largest absolute Gasteiger partial charge is 0.387 e. The molecule has 4 atom stereocenters. The minimum atomic E-state index is -1.03. The number of hydrogen-bond donors (Lipinski definition) is 4. The Morgan fingerprint density at radius 1 is 1.29 bits per heavy atom. The van der Waals surface area contributed by atoms with Gasteiger partial charge >= 0.3 is 0 Å². The molecule has 9 heteroatoms. The van der Waals surface area contributed by atoms with Crippen molar-refractivity contribution in [3.8, 4) is 0 Å². The summed E-state index contributed by atoms with van der Waals surface area (Å²) in [4.78, 5) is 12.2. The quantitative estimate of drug-likeness (QED) is 0.553. The molecule has 8 nitrogen and oxygen atoms in total. The van der Waals surface area contributed by atoms with E-state index in [1.54, 1.807) is 4.57 Å². The van der Waals surface area contributed by atoms with Crippen LogP contribution in [0.25, 0.3) is 11.2 Å². The average Bonchev–Trinajstić information content (AvgIpc) is 2.96. The van der Waals surface area contributed by atoms with Gasteiger partial charge in [0.25, 0.3) is 0 Å². The van der Waals surface area contributed by atoms with Crippen LogP contribution in [0.3, 0.4) is 0 Å². The normalized spacial score (nSPS) is 30.0. The molecule has 0 unspecified atom stereocenters. The van der Waals surface area contributed by atoms with E-state index in [4.69, 9.17) is 10.5 Å². The Balaban J connectivity index is 1.94. The summed E-state index contributed by atoms with van der Waals surface area (Å²) in [6.07, 6.45) is 3.98. The van der Waals surface area contributed by atoms with E-state index in [9.17, 15) is 10.2 Å². The van der Waals surface area contributed by atoms with Crippen molar-refractivity contribution >= 4 is 27.9 Å². The Hall–Kier alpha value is -1.42. The average molecular weight is 313 g/mol. The molecular weight excluding hydrogens is 294 g/mol. The zero-order valence-corrected chi connectivity index (χ0v) is 12.7. The highest BCUT2D eigenvalue weighted by atomic mass is 32.2. The number of nitrogens with zero attached hydrogens (tertiary/aromatic N) is 4. The molecule has 1 fully saturated rings. The molecule has 0 bridgehead atoms. The molecule has 2 aromatic rings. The number of ether oxygens (including phenoxy) is 1. The molecule has 0 spiro atoms. The van der Waals surface area contributed by atoms with Crippen LogP contribution in [0.1, 0.15) is 6.23 Å². The summed E-state index contributed by atoms with van der Waals surface area (Å²) in [5.41, 5.74) is 6.69. The molecule has 0 saturated carbocycles. The van der Waals surface area contributed by atoms with E-state index in [1.165, 1.54) is 12.7 Å². The van der Waals surface area contributed by atoms with E-state index < -0.39 is 18.4 Å². The molecule has 3 rings (SSSR count). The molecule has 0 amide bonds. The fourth-order valence-electron chi connectivity index (χ4n) is 2.53. The van der Waals surface area contributed by atoms with Crippen LogP contribution in [0.4, 0.5) is 5.82 Å². The van der Waals surface area contributed by atoms with Crippen molar-refractivity contribution in [3.63, 3.8) is 0 Å². The maximum Gasteiger partial charge on any atom is 0.167 e. The second kappa shape index (κ2) is 5.41. The number of hydrogen-bond acceptors (Lipinski definition) is 7. The Labute approximate surface area is 124 Å². The van der Waals surface area contributed by atoms with Crippen molar-refractivity contribution in [2.24, 2.45) is 0 Å². The minimum absolute atomic E-state index is 0.240. The Morgan fingerprint density at radius 3 is 2.76 bits per heavy atom. The van der Waals surface area contributed by atoms with Gasteiger partial charge in [0.15, 0.2) is 17.7 Å². The van der Waals surface area contributed by atoms with Crippen LogP contribution in [-0.4, -0.2) is 66.3 Å². The summed E-state index contributed by atoms with van der Waals surface area (Å²) in [5.74, 6) is 1.00. The second-order valence-corrected chi connectivity index (χ2v) is 7.92. The Morgan fingerprint density at radius 2 is 2.05 bits per heavy atom. The van der Waals surface area contributed by atoms with Gasteiger partial charge < -0.3 is 20.7 Å². The van der Waals surface area contributed by atoms with Gasteiger partial charge in [0.1, 0.15) is 24.1 Å². The smallest absolute Gasteiger partial charge is 0.167 e. The van der Waals surface area contributed by atoms with Crippen LogP contribution in [0.15, 0.2) is 12.7 Å². The second-order valence-electron chi connectivity index (χ2n) is 5.39. The molecule has 0 radical (unpaired) electrons. The Kier molecular flexibility index (Phi) is 3.74. The first-order valence-electron chi connectivity index (χ1n) is 6.58. The number of nitrogen functional groups attached to an aromatic ring is 1. The lowest BCUT2D eigenvalue weighted by molar-refractivity contribution is -0.0289. The number of fused-ring (bicyclic) bond motifs is 1. The van der Waals surface area contributed by atoms with Crippen molar-refractivity contribution in [2.45, 2.75) is 24.5 Å². The minimum Gasteiger partial charge on any atom is -0.387 e. The number of anilines is 1. The number of imidazole rings is 1. The molecule has 1 saturated heterocycles. The number of aromatic nitrogens is 4. The van der Waals surface area contributed by atoms with E-state index in [-0.39, 0.29) is 22.8 Å². The van der Waals surface area contributed by atoms with E-state index >= 15 is 0 Å². The predicted octanol–water partition coefficient (Wildman–Crippen LogP) is -0.712. The summed E-state index contributed by atoms with van der Waals surface area (Å²) in [6, 6.07) is 0. The lowest BCUT2D eigenvalue weighted by Gasteiger charge is -2.18. The van der Waals surface area contributed by atoms with Crippen LogP contribution in [0.5, 0.6) is 0 Å². The van der Waals surface area contributed by atoms with Gasteiger partial charge in [-0.15, -0.1) is 0 Å². The number of rotatable bonds is 3. The molecule has 2 aromatic heterocycles. The van der Waals surface area contributed by atoms with E-state index in [1.807, 2.05) is 0 Å². The van der Waals surface area contributed by atoms with Crippen molar-refractivity contribution in [3.05, 3.63) is 12.7 Å². The molecule has 0 aromatic carbocycles. The Bertz CT molecular complexity index is 649. The SMILES string of the molecule is C[SH](C)C[C@H]1O[C@@H](n2cnc3c(N)ncnc32)[C@H](O)[C@@H]1O. The molecule has 1 aliphatic rings. The van der Waals surface area contributed by atoms with Crippen LogP contribution >= 0.6 is 10.9 Å². The van der Waals surface area contributed by atoms with Gasteiger partial charge in [0.2, 0.25) is 0 Å². The van der Waals surface area contributed by atoms with Gasteiger partial charge in [0.05, 0.1) is 12.4 Å². The third-order valence-corrected chi connectivity index (χ3v) is 4.63. The molecule has 21 heavy (non-hydrogen) atoms. The first-order valence-corrected chi connectivity index (χ1v) is 9.00. The summed E-state index contributed by atoms with van der Waals surface area (Å²) in [5, 5.41) is 20.4. The van der Waals surface area contributed by atoms with Gasteiger partial charge in [-0.2, -0.15) is 0 Å². The van der Waals surface area contributed by atoms with Crippen molar-refractivity contribution in [1.29, 1.82) is 0 Å². The summed E-state index contributed by atoms with van der Waals surface area (Å²) >= 11 is 0. The number of thiol groups is 1. The maximum absolute atomic E-state index is 10.3. The molecule has 3 heterocycles. The van der Waals surface area contributed by atoms with E-state index in [0.29, 0.717) is 11.2 Å². The van der Waals surface area contributed by atoms with Gasteiger partial charge in [-0.25, -0.2) is 15.0 Å². The summed E-state index contributed by atoms with van der Waals surface area (Å²) in [7, 11) is -0.240. The molecule has 0 aliphatic carbocycles. The van der Waals surface area contributed by atoms with Gasteiger partial charge in [-0.1, -0.05) is 0 Å². The standard InChI is InChI=1S/C12H19N5O3S/c1-21(2)3-6-8(18)9(19)12(20-6)17-5-16-7-10(13)14-4-15-11(7)17/h4-6,8-9,12,18-19,21H,3H2,1-2H3,(H2,13,14,15)/t6-,8-,9-,12-/m1/s1. The molecular formula is C12H19N5O3S. The molecule has 116 valence electrons. The van der Waals surface area contributed by atoms with Crippen molar-refractivity contribution in [1.82, 2.24) is 19.5 Å². The maximum atomic E-state index is 10.3. The molecule has 4 N–H and O–H groups in total. The fourth-order valence-corrected chi connectivity index (χ4v) is 3.55. The summed E-state index contributed by atoms with van der Waals surface area (Å²) < 4.78 is 7.42. The number of nitrogens with two attached hydrogens (primary N) is 1. The van der Waals surface area contributed by atoms with Crippen molar-refractivity contribution in [2.75, 3.05) is 24.0 Å². The highest BCUT2D eigenvalue weighted by molar-refractivity contribution is 8.15. The summed E-state index contributed by atoms with van der Waals surface area (Å²) in [6.45, 7) is 0. The topological polar surface area (TPSA) is 119 Å². The zero-order chi connectivity index (χ0) is 15.1. The van der Waals surface area contributed by atoms with Crippen LogP contribution in [0, 0.1) is 0 Å². The highest BCUT2D eigenvalue weighted by Crippen LogP contribution is 2.34.